The van der Waals surface area contributed by atoms with E-state index in [4.69, 9.17) is 6.42 Å². The van der Waals surface area contributed by atoms with Crippen molar-refractivity contribution in [2.75, 3.05) is 29.4 Å². The van der Waals surface area contributed by atoms with Gasteiger partial charge in [0.25, 0.3) is 0 Å². The van der Waals surface area contributed by atoms with Gasteiger partial charge >= 0.3 is 12.3 Å². The Labute approximate surface area is 237 Å². The molecule has 3 rings (SSSR count). The van der Waals surface area contributed by atoms with Crippen LogP contribution < -0.4 is 9.80 Å². The fourth-order valence-corrected chi connectivity index (χ4v) is 5.94. The Bertz CT molecular complexity index is 1470. The fraction of sp³-hybridized carbons (Fsp3) is 0.429. The second-order valence-electron chi connectivity index (χ2n) is 10.4. The first-order chi connectivity index (χ1) is 19.0. The van der Waals surface area contributed by atoms with E-state index in [0.717, 1.165) is 23.2 Å². The van der Waals surface area contributed by atoms with Gasteiger partial charge in [0.1, 0.15) is 16.8 Å². The molecule has 41 heavy (non-hydrogen) atoms. The summed E-state index contributed by atoms with van der Waals surface area (Å²) in [4.78, 5) is 18.5. The number of aromatic nitrogens is 1. The molecular formula is C28H31F3N4O5S. The second-order valence-corrected chi connectivity index (χ2v) is 12.3. The minimum Gasteiger partial charge on any atom is -0.465 e. The highest BCUT2D eigenvalue weighted by atomic mass is 32.2. The average Bonchev–Trinajstić information content (AvgIpc) is 2.88. The molecule has 220 valence electrons. The zero-order valence-electron chi connectivity index (χ0n) is 23.0. The Morgan fingerprint density at radius 1 is 1.15 bits per heavy atom. The summed E-state index contributed by atoms with van der Waals surface area (Å²) in [5.74, 6) is 7.67. The lowest BCUT2D eigenvalue weighted by Crippen LogP contribution is -2.54. The minimum atomic E-state index is -4.98. The van der Waals surface area contributed by atoms with E-state index in [1.165, 1.54) is 28.6 Å². The summed E-state index contributed by atoms with van der Waals surface area (Å²) in [6.45, 7) is 6.81. The molecule has 1 aliphatic rings. The van der Waals surface area contributed by atoms with Gasteiger partial charge < -0.3 is 15.1 Å². The van der Waals surface area contributed by atoms with E-state index in [9.17, 15) is 36.6 Å². The molecule has 13 heteroatoms. The topological polar surface area (TPSA) is 114 Å². The third-order valence-electron chi connectivity index (χ3n) is 6.61. The van der Waals surface area contributed by atoms with E-state index in [0.29, 0.717) is 5.69 Å². The molecule has 1 aromatic carbocycles. The van der Waals surface area contributed by atoms with Crippen LogP contribution in [0.15, 0.2) is 47.5 Å². The number of carboxylic acid groups (broad SMARTS) is 1. The number of sulfonamides is 1. The van der Waals surface area contributed by atoms with E-state index in [1.54, 1.807) is 32.6 Å². The quantitative estimate of drug-likeness (QED) is 0.487. The lowest BCUT2D eigenvalue weighted by molar-refractivity contribution is -0.264. The Morgan fingerprint density at radius 3 is 2.24 bits per heavy atom. The van der Waals surface area contributed by atoms with Crippen molar-refractivity contribution in [2.45, 2.75) is 62.4 Å². The number of aliphatic hydroxyl groups is 1. The first kappa shape index (κ1) is 31.7. The first-order valence-electron chi connectivity index (χ1n) is 12.5. The van der Waals surface area contributed by atoms with Gasteiger partial charge in [-0.05, 0) is 57.5 Å². The van der Waals surface area contributed by atoms with Gasteiger partial charge in [-0.15, -0.1) is 18.3 Å². The molecule has 0 radical (unpaired) electrons. The van der Waals surface area contributed by atoms with Crippen LogP contribution in [0.1, 0.15) is 39.7 Å². The number of halogens is 3. The highest BCUT2D eigenvalue weighted by molar-refractivity contribution is 7.89. The number of rotatable bonds is 6. The Morgan fingerprint density at radius 2 is 1.78 bits per heavy atom. The summed E-state index contributed by atoms with van der Waals surface area (Å²) in [7, 11) is -4.03. The Hall–Kier alpha value is -3.78. The molecule has 0 aliphatic carbocycles. The van der Waals surface area contributed by atoms with Gasteiger partial charge in [-0.3, -0.25) is 4.90 Å². The average molecular weight is 593 g/mol. The molecule has 1 aliphatic heterocycles. The number of anilines is 2. The maximum atomic E-state index is 13.6. The van der Waals surface area contributed by atoms with E-state index in [1.807, 2.05) is 5.92 Å². The van der Waals surface area contributed by atoms with Gasteiger partial charge in [-0.25, -0.2) is 18.2 Å². The number of amides is 1. The van der Waals surface area contributed by atoms with Crippen LogP contribution in [0.25, 0.3) is 0 Å². The highest BCUT2D eigenvalue weighted by Crippen LogP contribution is 2.42. The molecule has 1 saturated heterocycles. The molecule has 1 unspecified atom stereocenters. The second kappa shape index (κ2) is 11.6. The fourth-order valence-electron chi connectivity index (χ4n) is 4.55. The minimum absolute atomic E-state index is 0.0422. The van der Waals surface area contributed by atoms with Gasteiger partial charge in [0.2, 0.25) is 10.0 Å². The smallest absolute Gasteiger partial charge is 0.422 e. The van der Waals surface area contributed by atoms with Crippen molar-refractivity contribution in [1.82, 2.24) is 9.29 Å². The number of hydrogen-bond acceptors (Lipinski definition) is 6. The van der Waals surface area contributed by atoms with Crippen LogP contribution in [0.4, 0.5) is 29.5 Å². The zero-order chi connectivity index (χ0) is 30.8. The summed E-state index contributed by atoms with van der Waals surface area (Å²) in [5, 5.41) is 19.9. The van der Waals surface area contributed by atoms with Gasteiger partial charge in [0.05, 0.1) is 6.42 Å². The van der Waals surface area contributed by atoms with Crippen molar-refractivity contribution in [3.63, 3.8) is 0 Å². The van der Waals surface area contributed by atoms with E-state index in [-0.39, 0.29) is 30.3 Å². The van der Waals surface area contributed by atoms with Crippen LogP contribution in [-0.2, 0) is 15.6 Å². The predicted molar refractivity (Wildman–Crippen MR) is 148 cm³/mol. The van der Waals surface area contributed by atoms with Gasteiger partial charge in [-0.1, -0.05) is 18.1 Å². The molecule has 2 aromatic rings. The van der Waals surface area contributed by atoms with Crippen LogP contribution in [0.2, 0.25) is 0 Å². The van der Waals surface area contributed by atoms with Crippen molar-refractivity contribution in [3.8, 4) is 24.2 Å². The summed E-state index contributed by atoms with van der Waals surface area (Å²) in [6, 6.07) is 7.10. The van der Waals surface area contributed by atoms with Crippen molar-refractivity contribution in [1.29, 1.82) is 0 Å². The predicted octanol–water partition coefficient (Wildman–Crippen LogP) is 4.04. The van der Waals surface area contributed by atoms with Gasteiger partial charge in [-0.2, -0.15) is 17.5 Å². The lowest BCUT2D eigenvalue weighted by Gasteiger charge is -2.40. The summed E-state index contributed by atoms with van der Waals surface area (Å²) in [5.41, 5.74) is -3.93. The van der Waals surface area contributed by atoms with Gasteiger partial charge in [0.15, 0.2) is 5.60 Å². The normalized spacial score (nSPS) is 18.0. The molecule has 1 amide bonds. The molecule has 2 N–H and O–H groups in total. The van der Waals surface area contributed by atoms with Crippen LogP contribution in [-0.4, -0.2) is 71.4 Å². The number of piperazine rings is 1. The number of terminal acetylenes is 1. The largest absolute Gasteiger partial charge is 0.465 e. The summed E-state index contributed by atoms with van der Waals surface area (Å²) in [6.07, 6.45) is -0.986. The molecule has 0 saturated carbocycles. The van der Waals surface area contributed by atoms with Gasteiger partial charge in [0, 0.05) is 37.1 Å². The molecule has 1 aromatic heterocycles. The maximum absolute atomic E-state index is 13.6. The number of carbonyl (C=O) groups is 1. The van der Waals surface area contributed by atoms with E-state index < -0.39 is 51.5 Å². The summed E-state index contributed by atoms with van der Waals surface area (Å²) < 4.78 is 68.8. The molecule has 2 atom stereocenters. The number of nitrogens with zero attached hydrogens (tertiary/aromatic N) is 4. The molecule has 9 nitrogen and oxygen atoms in total. The van der Waals surface area contributed by atoms with Crippen LogP contribution >= 0.6 is 0 Å². The molecule has 0 spiro atoms. The number of hydrogen-bond donors (Lipinski definition) is 2. The monoisotopic (exact) mass is 592 g/mol. The molecule has 1 fully saturated rings. The number of alkyl halides is 3. The number of pyridine rings is 1. The lowest BCUT2D eigenvalue weighted by atomic mass is 9.89. The molecular weight excluding hydrogens is 561 g/mol. The van der Waals surface area contributed by atoms with Crippen LogP contribution in [0.5, 0.6) is 0 Å². The Balaban J connectivity index is 1.85. The zero-order valence-corrected chi connectivity index (χ0v) is 23.8. The first-order valence-corrected chi connectivity index (χ1v) is 13.9. The molecule has 2 heterocycles. The van der Waals surface area contributed by atoms with Crippen molar-refractivity contribution >= 4 is 27.6 Å². The van der Waals surface area contributed by atoms with E-state index in [2.05, 4.69) is 16.8 Å². The van der Waals surface area contributed by atoms with Crippen molar-refractivity contribution < 1.29 is 36.6 Å². The van der Waals surface area contributed by atoms with Crippen molar-refractivity contribution in [3.05, 3.63) is 48.2 Å². The highest BCUT2D eigenvalue weighted by Gasteiger charge is 2.54. The standard InChI is InChI=1S/C28H31F3N4O5S/c1-6-8-22-19-33(41(39,40)23-13-14-24(32-18-23)35(25(36)37)26(3,4)5)16-17-34(22)21-11-9-20(10-12-21)27(38,15-7-2)28(29,30)31/h2,9-14,18,22,38H,15-17,19H2,1,3-5H3,(H,36,37)/t22-,27?/m0/s1. The summed E-state index contributed by atoms with van der Waals surface area (Å²) >= 11 is 0. The van der Waals surface area contributed by atoms with E-state index >= 15 is 0 Å². The third-order valence-corrected chi connectivity index (χ3v) is 8.46. The van der Waals surface area contributed by atoms with Crippen molar-refractivity contribution in [2.24, 2.45) is 0 Å². The Kier molecular flexibility index (Phi) is 8.99. The molecule has 0 bridgehead atoms. The van der Waals surface area contributed by atoms with Crippen LogP contribution in [0, 0.1) is 24.2 Å². The number of benzene rings is 1. The third kappa shape index (κ3) is 6.43. The maximum Gasteiger partial charge on any atom is 0.422 e. The SMILES string of the molecule is C#CCC(O)(c1ccc(N2CCN(S(=O)(=O)c3ccc(N(C(=O)O)C(C)(C)C)nc3)C[C@@H]2C#CC)cc1)C(F)(F)F. The van der Waals surface area contributed by atoms with Crippen LogP contribution in [0.3, 0.4) is 0 Å².